The van der Waals surface area contributed by atoms with E-state index in [-0.39, 0.29) is 11.6 Å². The third-order valence-corrected chi connectivity index (χ3v) is 9.65. The van der Waals surface area contributed by atoms with Crippen LogP contribution in [-0.4, -0.2) is 50.4 Å². The number of anilines is 1. The predicted octanol–water partition coefficient (Wildman–Crippen LogP) is 7.86. The summed E-state index contributed by atoms with van der Waals surface area (Å²) in [6.45, 7) is 8.87. The predicted molar refractivity (Wildman–Crippen MR) is 164 cm³/mol. The van der Waals surface area contributed by atoms with Crippen molar-refractivity contribution in [1.82, 2.24) is 24.6 Å². The molecular formula is C34H43F3N6. The second-order valence-corrected chi connectivity index (χ2v) is 12.7. The lowest BCUT2D eigenvalue weighted by Crippen LogP contribution is -2.37. The molecule has 0 spiro atoms. The Labute approximate surface area is 253 Å². The number of alkyl halides is 3. The van der Waals surface area contributed by atoms with Gasteiger partial charge in [0.25, 0.3) is 0 Å². The van der Waals surface area contributed by atoms with Gasteiger partial charge in [0, 0.05) is 44.1 Å². The highest BCUT2D eigenvalue weighted by atomic mass is 19.4. The first-order chi connectivity index (χ1) is 20.7. The molecule has 3 aliphatic heterocycles. The Morgan fingerprint density at radius 2 is 1.91 bits per heavy atom. The van der Waals surface area contributed by atoms with E-state index in [4.69, 9.17) is 0 Å². The van der Waals surface area contributed by atoms with E-state index in [9.17, 15) is 13.2 Å². The summed E-state index contributed by atoms with van der Waals surface area (Å²) in [7, 11) is 1.96. The molecule has 1 aromatic heterocycles. The fourth-order valence-electron chi connectivity index (χ4n) is 7.18. The molecule has 0 amide bonds. The summed E-state index contributed by atoms with van der Waals surface area (Å²) in [6, 6.07) is 8.08. The molecule has 43 heavy (non-hydrogen) atoms. The van der Waals surface area contributed by atoms with E-state index in [1.165, 1.54) is 44.6 Å². The maximum Gasteiger partial charge on any atom is 0.418 e. The van der Waals surface area contributed by atoms with Crippen LogP contribution in [0.4, 0.5) is 18.9 Å². The fourth-order valence-corrected chi connectivity index (χ4v) is 7.18. The molecule has 4 heterocycles. The van der Waals surface area contributed by atoms with Gasteiger partial charge in [-0.25, -0.2) is 0 Å². The van der Waals surface area contributed by atoms with Crippen molar-refractivity contribution >= 4 is 5.69 Å². The summed E-state index contributed by atoms with van der Waals surface area (Å²) in [5.74, 6) is 2.59. The molecule has 2 fully saturated rings. The highest BCUT2D eigenvalue weighted by molar-refractivity contribution is 5.64. The Bertz CT molecular complexity index is 1420. The van der Waals surface area contributed by atoms with E-state index in [0.717, 1.165) is 49.4 Å². The van der Waals surface area contributed by atoms with Gasteiger partial charge < -0.3 is 14.4 Å². The van der Waals surface area contributed by atoms with Crippen molar-refractivity contribution in [2.75, 3.05) is 24.5 Å². The van der Waals surface area contributed by atoms with Gasteiger partial charge in [-0.3, -0.25) is 4.90 Å². The monoisotopic (exact) mass is 592 g/mol. The second kappa shape index (κ2) is 12.3. The van der Waals surface area contributed by atoms with Gasteiger partial charge in [0.05, 0.1) is 11.3 Å². The molecule has 6 rings (SSSR count). The Morgan fingerprint density at radius 3 is 2.60 bits per heavy atom. The lowest BCUT2D eigenvalue weighted by atomic mass is 9.72. The topological polar surface area (TPSA) is 40.4 Å². The zero-order valence-electron chi connectivity index (χ0n) is 25.4. The molecule has 2 aromatic rings. The maximum absolute atomic E-state index is 14.5. The van der Waals surface area contributed by atoms with Crippen LogP contribution in [0.25, 0.3) is 0 Å². The van der Waals surface area contributed by atoms with Crippen molar-refractivity contribution in [3.63, 3.8) is 0 Å². The molecule has 2 atom stereocenters. The molecule has 4 aliphatic rings. The normalized spacial score (nSPS) is 22.2. The smallest absolute Gasteiger partial charge is 0.320 e. The highest BCUT2D eigenvalue weighted by Crippen LogP contribution is 2.46. The van der Waals surface area contributed by atoms with E-state index < -0.39 is 11.7 Å². The molecule has 1 aromatic carbocycles. The number of aromatic nitrogens is 3. The molecule has 1 saturated heterocycles. The average Bonchev–Trinajstić information content (AvgIpc) is 3.52. The summed E-state index contributed by atoms with van der Waals surface area (Å²) in [5, 5.41) is 8.55. The van der Waals surface area contributed by atoms with Crippen molar-refractivity contribution in [1.29, 1.82) is 0 Å². The van der Waals surface area contributed by atoms with E-state index in [0.29, 0.717) is 29.8 Å². The average molecular weight is 593 g/mol. The Hall–Kier alpha value is -3.33. The number of halogens is 3. The number of hydrogen-bond acceptors (Lipinski definition) is 5. The van der Waals surface area contributed by atoms with Crippen LogP contribution in [0.3, 0.4) is 0 Å². The molecule has 6 nitrogen and oxygen atoms in total. The van der Waals surface area contributed by atoms with Crippen LogP contribution in [0.5, 0.6) is 0 Å². The Morgan fingerprint density at radius 1 is 1.07 bits per heavy atom. The molecule has 0 N–H and O–H groups in total. The summed E-state index contributed by atoms with van der Waals surface area (Å²) < 4.78 is 45.4. The quantitative estimate of drug-likeness (QED) is 0.263. The number of fused-ring (bicyclic) bond motifs is 1. The number of aryl methyl sites for hydroxylation is 1. The summed E-state index contributed by atoms with van der Waals surface area (Å²) in [5.41, 5.74) is 2.05. The van der Waals surface area contributed by atoms with Gasteiger partial charge in [-0.1, -0.05) is 51.3 Å². The molecular weight excluding hydrogens is 549 g/mol. The van der Waals surface area contributed by atoms with Gasteiger partial charge in [-0.2, -0.15) is 13.2 Å². The largest absolute Gasteiger partial charge is 0.418 e. The SMILES string of the molecule is C=C1N2C=C(CN3CCCC(CCCCC)C3)C=C(C(F)(F)F)C2=CN1c1cccc(C(c2nncn2C)C2CCC2)c1. The molecule has 1 aliphatic carbocycles. The minimum absolute atomic E-state index is 0.0831. The molecule has 1 saturated carbocycles. The van der Waals surface area contributed by atoms with Gasteiger partial charge in [0.2, 0.25) is 0 Å². The lowest BCUT2D eigenvalue weighted by molar-refractivity contribution is -0.0909. The van der Waals surface area contributed by atoms with Gasteiger partial charge in [0.15, 0.2) is 0 Å². The zero-order valence-corrected chi connectivity index (χ0v) is 25.4. The van der Waals surface area contributed by atoms with Crippen molar-refractivity contribution in [2.24, 2.45) is 18.9 Å². The molecule has 9 heteroatoms. The highest BCUT2D eigenvalue weighted by Gasteiger charge is 2.43. The Balaban J connectivity index is 1.25. The second-order valence-electron chi connectivity index (χ2n) is 12.7. The lowest BCUT2D eigenvalue weighted by Gasteiger charge is -2.35. The van der Waals surface area contributed by atoms with Gasteiger partial charge >= 0.3 is 6.18 Å². The van der Waals surface area contributed by atoms with Crippen molar-refractivity contribution < 1.29 is 13.2 Å². The minimum atomic E-state index is -4.48. The summed E-state index contributed by atoms with van der Waals surface area (Å²) in [4.78, 5) is 5.74. The number of likely N-dealkylation sites (tertiary alicyclic amines) is 1. The first-order valence-electron chi connectivity index (χ1n) is 15.9. The van der Waals surface area contributed by atoms with E-state index in [1.54, 1.807) is 22.3 Å². The number of allylic oxidation sites excluding steroid dienone is 1. The van der Waals surface area contributed by atoms with Crippen LogP contribution in [0.15, 0.2) is 78.3 Å². The minimum Gasteiger partial charge on any atom is -0.320 e. The van der Waals surface area contributed by atoms with Crippen LogP contribution in [0.1, 0.15) is 82.0 Å². The summed E-state index contributed by atoms with van der Waals surface area (Å²) in [6.07, 6.45) is 12.7. The molecule has 2 unspecified atom stereocenters. The third kappa shape index (κ3) is 6.19. The Kier molecular flexibility index (Phi) is 8.54. The zero-order chi connectivity index (χ0) is 30.1. The van der Waals surface area contributed by atoms with E-state index >= 15 is 0 Å². The number of hydrogen-bond donors (Lipinski definition) is 0. The third-order valence-electron chi connectivity index (χ3n) is 9.65. The maximum atomic E-state index is 14.5. The van der Waals surface area contributed by atoms with Crippen LogP contribution in [0.2, 0.25) is 0 Å². The van der Waals surface area contributed by atoms with Crippen molar-refractivity contribution in [2.45, 2.75) is 76.8 Å². The first kappa shape index (κ1) is 29.7. The standard InChI is InChI=1S/C34H43F3N6/c1-4-5-6-10-25-11-9-16-41(19-25)20-26-17-30(34(35,36)37)31-22-42(24(2)43(31)21-26)29-15-8-14-28(18-29)32(27-12-7-13-27)33-39-38-23-40(33)3/h8,14-15,17-18,21-23,25,27,32H,2,4-7,9-13,16,19-20H2,1,3H3. The number of rotatable bonds is 10. The van der Waals surface area contributed by atoms with Crippen LogP contribution in [0, 0.1) is 11.8 Å². The first-order valence-corrected chi connectivity index (χ1v) is 15.9. The van der Waals surface area contributed by atoms with E-state index in [1.807, 2.05) is 29.9 Å². The van der Waals surface area contributed by atoms with Gasteiger partial charge in [-0.15, -0.1) is 10.2 Å². The molecule has 0 bridgehead atoms. The number of nitrogens with zero attached hydrogens (tertiary/aromatic N) is 6. The molecule has 0 radical (unpaired) electrons. The van der Waals surface area contributed by atoms with Crippen molar-refractivity contribution in [3.8, 4) is 0 Å². The van der Waals surface area contributed by atoms with Crippen LogP contribution in [-0.2, 0) is 7.05 Å². The van der Waals surface area contributed by atoms with Crippen LogP contribution < -0.4 is 4.90 Å². The molecule has 230 valence electrons. The number of benzene rings is 1. The van der Waals surface area contributed by atoms with Crippen LogP contribution >= 0.6 is 0 Å². The summed E-state index contributed by atoms with van der Waals surface area (Å²) >= 11 is 0. The van der Waals surface area contributed by atoms with Gasteiger partial charge in [-0.05, 0) is 79.8 Å². The van der Waals surface area contributed by atoms with Crippen molar-refractivity contribution in [3.05, 3.63) is 89.7 Å². The van der Waals surface area contributed by atoms with Gasteiger partial charge in [0.1, 0.15) is 18.0 Å². The number of unbranched alkanes of at least 4 members (excludes halogenated alkanes) is 2. The van der Waals surface area contributed by atoms with E-state index in [2.05, 4.69) is 40.7 Å². The number of piperidine rings is 1. The fraction of sp³-hybridized carbons (Fsp3) is 0.529.